The molecule has 164 valence electrons. The van der Waals surface area contributed by atoms with E-state index in [2.05, 4.69) is 20.8 Å². The second-order valence-electron chi connectivity index (χ2n) is 8.57. The van der Waals surface area contributed by atoms with Crippen LogP contribution >= 0.6 is 0 Å². The molecule has 0 aromatic heterocycles. The van der Waals surface area contributed by atoms with Gasteiger partial charge in [0.25, 0.3) is 11.8 Å². The number of aliphatic hydroxyl groups excluding tert-OH is 1. The van der Waals surface area contributed by atoms with Gasteiger partial charge in [0.05, 0.1) is 24.5 Å². The van der Waals surface area contributed by atoms with E-state index in [1.807, 2.05) is 19.1 Å². The number of benzene rings is 2. The van der Waals surface area contributed by atoms with Crippen LogP contribution in [0, 0.1) is 0 Å². The minimum absolute atomic E-state index is 0.0320. The molecule has 3 rings (SSSR count). The lowest BCUT2D eigenvalue weighted by Crippen LogP contribution is -2.35. The molecule has 31 heavy (non-hydrogen) atoms. The van der Waals surface area contributed by atoms with Gasteiger partial charge in [-0.2, -0.15) is 0 Å². The molecule has 0 radical (unpaired) electrons. The van der Waals surface area contributed by atoms with Crippen molar-refractivity contribution in [3.05, 3.63) is 65.4 Å². The van der Waals surface area contributed by atoms with Crippen molar-refractivity contribution in [3.8, 4) is 5.75 Å². The smallest absolute Gasteiger partial charge is 0.282 e. The fraction of sp³-hybridized carbons (Fsp3) is 0.360. The molecule has 0 unspecified atom stereocenters. The molecule has 2 amide bonds. The van der Waals surface area contributed by atoms with Crippen molar-refractivity contribution in [1.82, 2.24) is 4.90 Å². The minimum atomic E-state index is -0.395. The Hall–Kier alpha value is -3.12. The number of hydrogen-bond donors (Lipinski definition) is 1. The van der Waals surface area contributed by atoms with Crippen molar-refractivity contribution < 1.29 is 19.4 Å². The normalized spacial score (nSPS) is 14.5. The van der Waals surface area contributed by atoms with Crippen LogP contribution in [-0.4, -0.2) is 48.6 Å². The predicted octanol–water partition coefficient (Wildman–Crippen LogP) is 3.59. The lowest BCUT2D eigenvalue weighted by Gasteiger charge is -2.22. The lowest BCUT2D eigenvalue weighted by atomic mass is 9.87. The zero-order valence-corrected chi connectivity index (χ0v) is 18.8. The summed E-state index contributed by atoms with van der Waals surface area (Å²) in [4.78, 5) is 29.7. The van der Waals surface area contributed by atoms with Gasteiger partial charge in [0.1, 0.15) is 11.4 Å². The summed E-state index contributed by atoms with van der Waals surface area (Å²) < 4.78 is 5.49. The Morgan fingerprint density at radius 3 is 2.10 bits per heavy atom. The lowest BCUT2D eigenvalue weighted by molar-refractivity contribution is -0.120. The molecule has 0 atom stereocenters. The molecule has 0 spiro atoms. The molecule has 0 saturated heterocycles. The largest absolute Gasteiger partial charge is 0.494 e. The molecule has 2 aromatic carbocycles. The van der Waals surface area contributed by atoms with Gasteiger partial charge in [0.2, 0.25) is 0 Å². The Morgan fingerprint density at radius 1 is 0.968 bits per heavy atom. The van der Waals surface area contributed by atoms with Gasteiger partial charge < -0.3 is 14.7 Å². The third-order valence-corrected chi connectivity index (χ3v) is 5.32. The Kier molecular flexibility index (Phi) is 6.51. The van der Waals surface area contributed by atoms with Gasteiger partial charge in [0, 0.05) is 13.6 Å². The number of carbonyl (C=O) groups excluding carboxylic acids is 2. The average molecular weight is 423 g/mol. The van der Waals surface area contributed by atoms with Crippen LogP contribution < -0.4 is 9.64 Å². The summed E-state index contributed by atoms with van der Waals surface area (Å²) in [6, 6.07) is 14.6. The van der Waals surface area contributed by atoms with Gasteiger partial charge >= 0.3 is 0 Å². The number of hydrogen-bond acceptors (Lipinski definition) is 5. The zero-order chi connectivity index (χ0) is 22.8. The SMILES string of the molecule is CCOc1ccc(C2=C(N(C)CCO)C(=O)N(c3ccc(C(C)(C)C)cc3)C2=O)cc1. The maximum atomic E-state index is 13.5. The van der Waals surface area contributed by atoms with E-state index in [0.29, 0.717) is 29.2 Å². The number of anilines is 1. The predicted molar refractivity (Wildman–Crippen MR) is 122 cm³/mol. The number of imide groups is 1. The molecular weight excluding hydrogens is 392 g/mol. The van der Waals surface area contributed by atoms with Crippen LogP contribution in [0.4, 0.5) is 5.69 Å². The first-order valence-corrected chi connectivity index (χ1v) is 10.5. The quantitative estimate of drug-likeness (QED) is 0.691. The molecule has 1 N–H and O–H groups in total. The number of ether oxygens (including phenoxy) is 1. The highest BCUT2D eigenvalue weighted by Crippen LogP contribution is 2.35. The van der Waals surface area contributed by atoms with Crippen molar-refractivity contribution in [1.29, 1.82) is 0 Å². The standard InChI is InChI=1S/C25H30N2O4/c1-6-31-20-13-7-17(8-14-20)21-22(26(5)15-16-28)24(30)27(23(21)29)19-11-9-18(10-12-19)25(2,3)4/h7-14,28H,6,15-16H2,1-5H3. The highest BCUT2D eigenvalue weighted by Gasteiger charge is 2.41. The third-order valence-electron chi connectivity index (χ3n) is 5.32. The molecule has 0 saturated carbocycles. The molecule has 6 heteroatoms. The van der Waals surface area contributed by atoms with Crippen LogP contribution in [0.25, 0.3) is 5.57 Å². The third kappa shape index (κ3) is 4.49. The van der Waals surface area contributed by atoms with Crippen LogP contribution in [0.3, 0.4) is 0 Å². The number of aliphatic hydroxyl groups is 1. The van der Waals surface area contributed by atoms with Crippen molar-refractivity contribution in [2.45, 2.75) is 33.1 Å². The van der Waals surface area contributed by atoms with E-state index in [1.54, 1.807) is 48.3 Å². The monoisotopic (exact) mass is 422 g/mol. The molecule has 1 heterocycles. The van der Waals surface area contributed by atoms with Gasteiger partial charge in [-0.3, -0.25) is 9.59 Å². The van der Waals surface area contributed by atoms with Crippen LogP contribution in [0.2, 0.25) is 0 Å². The van der Waals surface area contributed by atoms with Crippen LogP contribution in [0.15, 0.2) is 54.2 Å². The summed E-state index contributed by atoms with van der Waals surface area (Å²) in [6.07, 6.45) is 0. The van der Waals surface area contributed by atoms with Crippen LogP contribution in [0.1, 0.15) is 38.8 Å². The van der Waals surface area contributed by atoms with Gasteiger partial charge in [0.15, 0.2) is 0 Å². The van der Waals surface area contributed by atoms with Gasteiger partial charge in [-0.25, -0.2) is 4.90 Å². The van der Waals surface area contributed by atoms with Crippen molar-refractivity contribution >= 4 is 23.1 Å². The maximum Gasteiger partial charge on any atom is 0.282 e. The van der Waals surface area contributed by atoms with E-state index in [-0.39, 0.29) is 30.2 Å². The Balaban J connectivity index is 2.04. The van der Waals surface area contributed by atoms with E-state index in [0.717, 1.165) is 5.56 Å². The molecule has 1 aliphatic heterocycles. The number of carbonyl (C=O) groups is 2. The minimum Gasteiger partial charge on any atom is -0.494 e. The van der Waals surface area contributed by atoms with E-state index in [9.17, 15) is 14.7 Å². The topological polar surface area (TPSA) is 70.1 Å². The number of likely N-dealkylation sites (N-methyl/N-ethyl adjacent to an activating group) is 1. The Labute approximate surface area is 183 Å². The van der Waals surface area contributed by atoms with E-state index in [4.69, 9.17) is 4.74 Å². The number of rotatable bonds is 7. The summed E-state index contributed by atoms with van der Waals surface area (Å²) in [7, 11) is 1.71. The molecule has 1 aliphatic rings. The summed E-state index contributed by atoms with van der Waals surface area (Å²) in [5.74, 6) is -0.0747. The number of amides is 2. The maximum absolute atomic E-state index is 13.5. The van der Waals surface area contributed by atoms with Crippen molar-refractivity contribution in [3.63, 3.8) is 0 Å². The first-order valence-electron chi connectivity index (χ1n) is 10.5. The summed E-state index contributed by atoms with van der Waals surface area (Å²) in [6.45, 7) is 8.90. The van der Waals surface area contributed by atoms with Crippen molar-refractivity contribution in [2.24, 2.45) is 0 Å². The van der Waals surface area contributed by atoms with Crippen molar-refractivity contribution in [2.75, 3.05) is 31.7 Å². The molecule has 0 aliphatic carbocycles. The second-order valence-corrected chi connectivity index (χ2v) is 8.57. The molecule has 2 aromatic rings. The van der Waals surface area contributed by atoms with Gasteiger partial charge in [-0.15, -0.1) is 0 Å². The highest BCUT2D eigenvalue weighted by atomic mass is 16.5. The summed E-state index contributed by atoms with van der Waals surface area (Å²) in [5.41, 5.74) is 2.85. The van der Waals surface area contributed by atoms with E-state index < -0.39 is 5.91 Å². The second kappa shape index (κ2) is 8.94. The first kappa shape index (κ1) is 22.6. The summed E-state index contributed by atoms with van der Waals surface area (Å²) in [5, 5.41) is 9.40. The highest BCUT2D eigenvalue weighted by molar-refractivity contribution is 6.45. The zero-order valence-electron chi connectivity index (χ0n) is 18.8. The molecule has 0 bridgehead atoms. The first-order chi connectivity index (χ1) is 14.7. The number of nitrogens with zero attached hydrogens (tertiary/aromatic N) is 2. The Morgan fingerprint density at radius 2 is 1.58 bits per heavy atom. The molecule has 0 fully saturated rings. The fourth-order valence-corrected chi connectivity index (χ4v) is 3.62. The van der Waals surface area contributed by atoms with E-state index >= 15 is 0 Å². The average Bonchev–Trinajstić information content (AvgIpc) is 2.99. The van der Waals surface area contributed by atoms with Gasteiger partial charge in [-0.1, -0.05) is 45.0 Å². The van der Waals surface area contributed by atoms with Gasteiger partial charge in [-0.05, 0) is 47.7 Å². The van der Waals surface area contributed by atoms with Crippen LogP contribution in [0.5, 0.6) is 5.75 Å². The Bertz CT molecular complexity index is 986. The molecular formula is C25H30N2O4. The fourth-order valence-electron chi connectivity index (χ4n) is 3.62. The van der Waals surface area contributed by atoms with Crippen LogP contribution in [-0.2, 0) is 15.0 Å². The summed E-state index contributed by atoms with van der Waals surface area (Å²) >= 11 is 0. The molecule has 6 nitrogen and oxygen atoms in total. The van der Waals surface area contributed by atoms with E-state index in [1.165, 1.54) is 4.90 Å².